The first-order valence-corrected chi connectivity index (χ1v) is 7.77. The van der Waals surface area contributed by atoms with Crippen LogP contribution in [0.2, 0.25) is 0 Å². The minimum absolute atomic E-state index is 0.514. The Kier molecular flexibility index (Phi) is 4.66. The van der Waals surface area contributed by atoms with Crippen LogP contribution in [0.5, 0.6) is 0 Å². The van der Waals surface area contributed by atoms with Gasteiger partial charge in [0, 0.05) is 19.0 Å². The maximum Gasteiger partial charge on any atom is 0.107 e. The lowest BCUT2D eigenvalue weighted by atomic mass is 9.96. The van der Waals surface area contributed by atoms with Crippen molar-refractivity contribution >= 4 is 15.9 Å². The fourth-order valence-electron chi connectivity index (χ4n) is 2.37. The Morgan fingerprint density at radius 2 is 2.05 bits per heavy atom. The Morgan fingerprint density at radius 1 is 1.35 bits per heavy atom. The number of halogens is 1. The normalized spacial score (nSPS) is 11.3. The highest BCUT2D eigenvalue weighted by atomic mass is 79.9. The van der Waals surface area contributed by atoms with Gasteiger partial charge >= 0.3 is 0 Å². The molecule has 0 spiro atoms. The summed E-state index contributed by atoms with van der Waals surface area (Å²) in [5.41, 5.74) is 11.6. The van der Waals surface area contributed by atoms with Crippen molar-refractivity contribution in [3.8, 4) is 11.3 Å². The topological polar surface area (TPSA) is 43.8 Å². The molecular formula is C16H22BrN3. The third kappa shape index (κ3) is 2.81. The largest absolute Gasteiger partial charge is 0.330 e. The zero-order valence-electron chi connectivity index (χ0n) is 12.6. The van der Waals surface area contributed by atoms with E-state index in [1.165, 1.54) is 16.7 Å². The molecular weight excluding hydrogens is 314 g/mol. The standard InChI is InChI=1S/C16H22BrN3/c1-10(2)12-6-5-11(3)13(9-12)16-15(17)14(7-8-18)20(4)19-16/h5-6,9-10H,7-8,18H2,1-4H3. The molecule has 0 aliphatic heterocycles. The summed E-state index contributed by atoms with van der Waals surface area (Å²) in [5.74, 6) is 0.514. The van der Waals surface area contributed by atoms with Gasteiger partial charge in [-0.3, -0.25) is 4.68 Å². The fraction of sp³-hybridized carbons (Fsp3) is 0.438. The minimum Gasteiger partial charge on any atom is -0.330 e. The van der Waals surface area contributed by atoms with Crippen LogP contribution in [0, 0.1) is 6.92 Å². The summed E-state index contributed by atoms with van der Waals surface area (Å²) in [6.07, 6.45) is 0.826. The molecule has 2 aromatic rings. The molecule has 0 aliphatic rings. The molecule has 108 valence electrons. The van der Waals surface area contributed by atoms with E-state index in [-0.39, 0.29) is 0 Å². The molecule has 0 atom stereocenters. The minimum atomic E-state index is 0.514. The first-order chi connectivity index (χ1) is 9.45. The van der Waals surface area contributed by atoms with Crippen molar-refractivity contribution in [1.82, 2.24) is 9.78 Å². The van der Waals surface area contributed by atoms with Gasteiger partial charge in [0.25, 0.3) is 0 Å². The van der Waals surface area contributed by atoms with E-state index in [1.54, 1.807) is 0 Å². The molecule has 4 heteroatoms. The second-order valence-corrected chi connectivity index (χ2v) is 6.29. The van der Waals surface area contributed by atoms with Crippen LogP contribution >= 0.6 is 15.9 Å². The predicted octanol–water partition coefficient (Wildman–Crippen LogP) is 3.78. The summed E-state index contributed by atoms with van der Waals surface area (Å²) in [4.78, 5) is 0. The van der Waals surface area contributed by atoms with Crippen LogP contribution in [0.15, 0.2) is 22.7 Å². The Balaban J connectivity index is 2.56. The summed E-state index contributed by atoms with van der Waals surface area (Å²) in [6, 6.07) is 6.62. The SMILES string of the molecule is Cc1ccc(C(C)C)cc1-c1nn(C)c(CCN)c1Br. The van der Waals surface area contributed by atoms with Gasteiger partial charge in [0.2, 0.25) is 0 Å². The summed E-state index contributed by atoms with van der Waals surface area (Å²) >= 11 is 3.70. The van der Waals surface area contributed by atoms with Crippen molar-refractivity contribution in [2.24, 2.45) is 12.8 Å². The van der Waals surface area contributed by atoms with E-state index in [2.05, 4.69) is 60.0 Å². The average Bonchev–Trinajstić information content (AvgIpc) is 2.67. The molecule has 0 unspecified atom stereocenters. The average molecular weight is 336 g/mol. The van der Waals surface area contributed by atoms with Crippen molar-refractivity contribution in [3.63, 3.8) is 0 Å². The molecule has 1 aromatic carbocycles. The van der Waals surface area contributed by atoms with Crippen molar-refractivity contribution in [1.29, 1.82) is 0 Å². The van der Waals surface area contributed by atoms with E-state index in [9.17, 15) is 0 Å². The molecule has 2 rings (SSSR count). The van der Waals surface area contributed by atoms with Crippen LogP contribution < -0.4 is 5.73 Å². The Labute approximate surface area is 129 Å². The van der Waals surface area contributed by atoms with Crippen molar-refractivity contribution in [2.45, 2.75) is 33.1 Å². The molecule has 1 heterocycles. The lowest BCUT2D eigenvalue weighted by Gasteiger charge is -2.10. The first-order valence-electron chi connectivity index (χ1n) is 6.98. The number of benzene rings is 1. The van der Waals surface area contributed by atoms with Crippen LogP contribution in [0.3, 0.4) is 0 Å². The van der Waals surface area contributed by atoms with Gasteiger partial charge in [0.15, 0.2) is 0 Å². The number of aromatic nitrogens is 2. The van der Waals surface area contributed by atoms with Gasteiger partial charge in [-0.2, -0.15) is 5.10 Å². The number of rotatable bonds is 4. The quantitative estimate of drug-likeness (QED) is 0.923. The van der Waals surface area contributed by atoms with E-state index in [0.29, 0.717) is 12.5 Å². The van der Waals surface area contributed by atoms with Crippen molar-refractivity contribution in [2.75, 3.05) is 6.54 Å². The van der Waals surface area contributed by atoms with E-state index in [4.69, 9.17) is 5.73 Å². The van der Waals surface area contributed by atoms with Gasteiger partial charge < -0.3 is 5.73 Å². The molecule has 0 amide bonds. The van der Waals surface area contributed by atoms with Gasteiger partial charge in [-0.1, -0.05) is 26.0 Å². The van der Waals surface area contributed by atoms with Crippen molar-refractivity contribution < 1.29 is 0 Å². The van der Waals surface area contributed by atoms with Crippen LogP contribution in [0.1, 0.15) is 36.6 Å². The Bertz CT molecular complexity index is 614. The Hall–Kier alpha value is -1.13. The number of nitrogens with zero attached hydrogens (tertiary/aromatic N) is 2. The highest BCUT2D eigenvalue weighted by molar-refractivity contribution is 9.10. The molecule has 3 nitrogen and oxygen atoms in total. The summed E-state index contributed by atoms with van der Waals surface area (Å²) < 4.78 is 2.99. The molecule has 20 heavy (non-hydrogen) atoms. The number of aryl methyl sites for hydroxylation is 2. The zero-order valence-corrected chi connectivity index (χ0v) is 14.2. The van der Waals surface area contributed by atoms with Crippen LogP contribution in [0.4, 0.5) is 0 Å². The zero-order chi connectivity index (χ0) is 14.9. The van der Waals surface area contributed by atoms with Gasteiger partial charge in [-0.05, 0) is 52.5 Å². The molecule has 0 aliphatic carbocycles. The molecule has 0 radical (unpaired) electrons. The van der Waals surface area contributed by atoms with Crippen LogP contribution in [-0.4, -0.2) is 16.3 Å². The molecule has 0 bridgehead atoms. The Morgan fingerprint density at radius 3 is 2.65 bits per heavy atom. The third-order valence-corrected chi connectivity index (χ3v) is 4.50. The first kappa shape index (κ1) is 15.3. The maximum atomic E-state index is 5.68. The van der Waals surface area contributed by atoms with Gasteiger partial charge in [-0.25, -0.2) is 0 Å². The van der Waals surface area contributed by atoms with Crippen molar-refractivity contribution in [3.05, 3.63) is 39.5 Å². The van der Waals surface area contributed by atoms with Gasteiger partial charge in [-0.15, -0.1) is 0 Å². The molecule has 0 saturated carbocycles. The number of hydrogen-bond donors (Lipinski definition) is 1. The summed E-state index contributed by atoms with van der Waals surface area (Å²) in [6.45, 7) is 7.18. The van der Waals surface area contributed by atoms with E-state index in [1.807, 2.05) is 11.7 Å². The maximum absolute atomic E-state index is 5.68. The third-order valence-electron chi connectivity index (χ3n) is 3.67. The number of nitrogens with two attached hydrogens (primary N) is 1. The monoisotopic (exact) mass is 335 g/mol. The van der Waals surface area contributed by atoms with Gasteiger partial charge in [0.1, 0.15) is 5.69 Å². The van der Waals surface area contributed by atoms with Gasteiger partial charge in [0.05, 0.1) is 10.2 Å². The van der Waals surface area contributed by atoms with E-state index in [0.717, 1.165) is 22.3 Å². The highest BCUT2D eigenvalue weighted by Gasteiger charge is 2.17. The smallest absolute Gasteiger partial charge is 0.107 e. The lowest BCUT2D eigenvalue weighted by molar-refractivity contribution is 0.707. The second kappa shape index (κ2) is 6.10. The number of hydrogen-bond acceptors (Lipinski definition) is 2. The highest BCUT2D eigenvalue weighted by Crippen LogP contribution is 2.34. The predicted molar refractivity (Wildman–Crippen MR) is 87.9 cm³/mol. The van der Waals surface area contributed by atoms with Crippen LogP contribution in [0.25, 0.3) is 11.3 Å². The molecule has 0 saturated heterocycles. The van der Waals surface area contributed by atoms with Crippen LogP contribution in [-0.2, 0) is 13.5 Å². The molecule has 1 aromatic heterocycles. The van der Waals surface area contributed by atoms with E-state index < -0.39 is 0 Å². The molecule has 0 fully saturated rings. The lowest BCUT2D eigenvalue weighted by Crippen LogP contribution is -2.07. The summed E-state index contributed by atoms with van der Waals surface area (Å²) in [5, 5.41) is 4.67. The summed E-state index contributed by atoms with van der Waals surface area (Å²) in [7, 11) is 1.97. The fourth-order valence-corrected chi connectivity index (χ4v) is 3.11. The second-order valence-electron chi connectivity index (χ2n) is 5.50. The molecule has 2 N–H and O–H groups in total. The van der Waals surface area contributed by atoms with E-state index >= 15 is 0 Å².